The topological polar surface area (TPSA) is 51.5 Å². The maximum Gasteiger partial charge on any atom is 0.252 e. The zero-order valence-corrected chi connectivity index (χ0v) is 8.67. The van der Waals surface area contributed by atoms with Gasteiger partial charge in [-0.15, -0.1) is 0 Å². The van der Waals surface area contributed by atoms with Crippen LogP contribution in [0.2, 0.25) is 0 Å². The van der Waals surface area contributed by atoms with E-state index < -0.39 is 0 Å². The highest BCUT2D eigenvalue weighted by Gasteiger charge is 2.33. The van der Waals surface area contributed by atoms with Gasteiger partial charge in [-0.25, -0.2) is 0 Å². The van der Waals surface area contributed by atoms with Crippen molar-refractivity contribution < 1.29 is 9.84 Å². The van der Waals surface area contributed by atoms with Gasteiger partial charge >= 0.3 is 0 Å². The zero-order valence-electron chi connectivity index (χ0n) is 8.67. The highest BCUT2D eigenvalue weighted by atomic mass is 16.5. The second-order valence-corrected chi connectivity index (χ2v) is 3.99. The number of nitrogens with zero attached hydrogens (tertiary/aromatic N) is 1. The molecule has 1 aromatic rings. The van der Waals surface area contributed by atoms with Crippen molar-refractivity contribution in [2.75, 3.05) is 6.61 Å². The molecule has 4 nitrogen and oxygen atoms in total. The zero-order chi connectivity index (χ0) is 10.8. The highest BCUT2D eigenvalue weighted by Crippen LogP contribution is 2.32. The maximum absolute atomic E-state index is 11.6. The van der Waals surface area contributed by atoms with Gasteiger partial charge in [0, 0.05) is 18.2 Å². The normalized spacial score (nSPS) is 30.7. The Morgan fingerprint density at radius 3 is 3.00 bits per heavy atom. The minimum absolute atomic E-state index is 0.0163. The molecule has 1 fully saturated rings. The molecule has 4 heteroatoms. The average Bonchev–Trinajstić information content (AvgIpc) is 2.60. The van der Waals surface area contributed by atoms with Gasteiger partial charge in [0.15, 0.2) is 0 Å². The molecule has 0 radical (unpaired) electrons. The summed E-state index contributed by atoms with van der Waals surface area (Å²) < 4.78 is 7.19. The van der Waals surface area contributed by atoms with Crippen LogP contribution in [0.25, 0.3) is 0 Å². The largest absolute Gasteiger partial charge is 0.394 e. The van der Waals surface area contributed by atoms with Crippen LogP contribution >= 0.6 is 0 Å². The van der Waals surface area contributed by atoms with Crippen molar-refractivity contribution in [3.05, 3.63) is 34.7 Å². The first-order valence-electron chi connectivity index (χ1n) is 5.16. The number of ether oxygens (including phenoxy) is 1. The summed E-state index contributed by atoms with van der Waals surface area (Å²) in [6, 6.07) is 5.04. The summed E-state index contributed by atoms with van der Waals surface area (Å²) in [4.78, 5) is 11.6. The second kappa shape index (κ2) is 4.16. The molecule has 0 aliphatic carbocycles. The first-order chi connectivity index (χ1) is 7.22. The number of aromatic nitrogens is 1. The molecule has 2 rings (SSSR count). The Bertz CT molecular complexity index is 387. The predicted molar refractivity (Wildman–Crippen MR) is 55.5 cm³/mol. The van der Waals surface area contributed by atoms with Crippen molar-refractivity contribution in [3.8, 4) is 0 Å². The monoisotopic (exact) mass is 209 g/mol. The fourth-order valence-electron chi connectivity index (χ4n) is 2.03. The summed E-state index contributed by atoms with van der Waals surface area (Å²) in [7, 11) is 0. The molecule has 1 aliphatic rings. The van der Waals surface area contributed by atoms with Crippen molar-refractivity contribution in [1.29, 1.82) is 0 Å². The van der Waals surface area contributed by atoms with Crippen molar-refractivity contribution in [2.24, 2.45) is 5.92 Å². The fraction of sp³-hybridized carbons (Fsp3) is 0.545. The van der Waals surface area contributed by atoms with Crippen molar-refractivity contribution in [2.45, 2.75) is 25.7 Å². The van der Waals surface area contributed by atoms with Crippen LogP contribution in [0, 0.1) is 5.92 Å². The lowest BCUT2D eigenvalue weighted by Crippen LogP contribution is -2.26. The van der Waals surface area contributed by atoms with Crippen LogP contribution in [0.3, 0.4) is 0 Å². The van der Waals surface area contributed by atoms with Gasteiger partial charge in [0.25, 0.3) is 5.56 Å². The lowest BCUT2D eigenvalue weighted by Gasteiger charge is -2.17. The van der Waals surface area contributed by atoms with Gasteiger partial charge in [0.05, 0.1) is 12.7 Å². The SMILES string of the molecule is CC1CC(CO)OC1n1ccccc1=O. The van der Waals surface area contributed by atoms with E-state index >= 15 is 0 Å². The summed E-state index contributed by atoms with van der Waals surface area (Å²) >= 11 is 0. The molecular weight excluding hydrogens is 194 g/mol. The van der Waals surface area contributed by atoms with Crippen LogP contribution in [-0.4, -0.2) is 22.4 Å². The van der Waals surface area contributed by atoms with Crippen LogP contribution < -0.4 is 5.56 Å². The molecule has 0 bridgehead atoms. The van der Waals surface area contributed by atoms with E-state index in [0.29, 0.717) is 0 Å². The summed E-state index contributed by atoms with van der Waals surface area (Å²) in [5, 5.41) is 9.01. The molecule has 2 heterocycles. The Morgan fingerprint density at radius 1 is 1.60 bits per heavy atom. The van der Waals surface area contributed by atoms with E-state index in [-0.39, 0.29) is 30.4 Å². The first-order valence-corrected chi connectivity index (χ1v) is 5.16. The van der Waals surface area contributed by atoms with Gasteiger partial charge in [0.1, 0.15) is 6.23 Å². The van der Waals surface area contributed by atoms with Gasteiger partial charge in [-0.1, -0.05) is 13.0 Å². The molecule has 1 saturated heterocycles. The number of hydrogen-bond acceptors (Lipinski definition) is 3. The fourth-order valence-corrected chi connectivity index (χ4v) is 2.03. The first kappa shape index (κ1) is 10.4. The lowest BCUT2D eigenvalue weighted by molar-refractivity contribution is -0.0329. The molecule has 3 unspecified atom stereocenters. The van der Waals surface area contributed by atoms with Gasteiger partial charge in [-0.3, -0.25) is 9.36 Å². The molecule has 0 amide bonds. The minimum Gasteiger partial charge on any atom is -0.394 e. The minimum atomic E-state index is -0.240. The number of aliphatic hydroxyl groups is 1. The average molecular weight is 209 g/mol. The quantitative estimate of drug-likeness (QED) is 0.782. The van der Waals surface area contributed by atoms with E-state index in [4.69, 9.17) is 9.84 Å². The van der Waals surface area contributed by atoms with Gasteiger partial charge in [-0.2, -0.15) is 0 Å². The molecular formula is C11H15NO3. The Balaban J connectivity index is 2.25. The van der Waals surface area contributed by atoms with E-state index in [9.17, 15) is 4.79 Å². The summed E-state index contributed by atoms with van der Waals surface area (Å²) in [6.07, 6.45) is 2.14. The van der Waals surface area contributed by atoms with E-state index in [1.807, 2.05) is 13.0 Å². The Labute approximate surface area is 88.1 Å². The van der Waals surface area contributed by atoms with Crippen molar-refractivity contribution >= 4 is 0 Å². The summed E-state index contributed by atoms with van der Waals surface area (Å²) in [6.45, 7) is 2.04. The number of hydrogen-bond donors (Lipinski definition) is 1. The van der Waals surface area contributed by atoms with E-state index in [0.717, 1.165) is 6.42 Å². The van der Waals surface area contributed by atoms with Crippen LogP contribution in [0.1, 0.15) is 19.6 Å². The van der Waals surface area contributed by atoms with Gasteiger partial charge < -0.3 is 9.84 Å². The molecule has 15 heavy (non-hydrogen) atoms. The number of rotatable bonds is 2. The molecule has 1 aliphatic heterocycles. The number of pyridine rings is 1. The third kappa shape index (κ3) is 1.96. The van der Waals surface area contributed by atoms with Crippen molar-refractivity contribution in [1.82, 2.24) is 4.57 Å². The van der Waals surface area contributed by atoms with E-state index in [1.165, 1.54) is 6.07 Å². The molecule has 1 aromatic heterocycles. The summed E-state index contributed by atoms with van der Waals surface area (Å²) in [5.74, 6) is 0.252. The third-order valence-corrected chi connectivity index (χ3v) is 2.78. The number of aliphatic hydroxyl groups excluding tert-OH is 1. The van der Waals surface area contributed by atoms with Crippen molar-refractivity contribution in [3.63, 3.8) is 0 Å². The molecule has 0 spiro atoms. The molecule has 0 aromatic carbocycles. The van der Waals surface area contributed by atoms with Crippen LogP contribution in [0.4, 0.5) is 0 Å². The summed E-state index contributed by atoms with van der Waals surface area (Å²) in [5.41, 5.74) is -0.0621. The second-order valence-electron chi connectivity index (χ2n) is 3.99. The van der Waals surface area contributed by atoms with E-state index in [1.54, 1.807) is 16.8 Å². The Hall–Kier alpha value is -1.13. The highest BCUT2D eigenvalue weighted by molar-refractivity contribution is 4.95. The third-order valence-electron chi connectivity index (χ3n) is 2.78. The van der Waals surface area contributed by atoms with Crippen LogP contribution in [0.15, 0.2) is 29.2 Å². The van der Waals surface area contributed by atoms with Crippen LogP contribution in [0.5, 0.6) is 0 Å². The van der Waals surface area contributed by atoms with Gasteiger partial charge in [-0.05, 0) is 12.5 Å². The Morgan fingerprint density at radius 2 is 2.40 bits per heavy atom. The molecule has 1 N–H and O–H groups in total. The smallest absolute Gasteiger partial charge is 0.252 e. The van der Waals surface area contributed by atoms with Crippen LogP contribution in [-0.2, 0) is 4.74 Å². The van der Waals surface area contributed by atoms with Gasteiger partial charge in [0.2, 0.25) is 0 Å². The predicted octanol–water partition coefficient (Wildman–Crippen LogP) is 0.764. The maximum atomic E-state index is 11.6. The standard InChI is InChI=1S/C11H15NO3/c1-8-6-9(7-13)15-11(8)12-5-3-2-4-10(12)14/h2-5,8-9,11,13H,6-7H2,1H3. The molecule has 82 valence electrons. The molecule has 0 saturated carbocycles. The Kier molecular flexibility index (Phi) is 2.88. The van der Waals surface area contributed by atoms with E-state index in [2.05, 4.69) is 0 Å². The lowest BCUT2D eigenvalue weighted by atomic mass is 10.1. The molecule has 3 atom stereocenters.